The largest absolute Gasteiger partial charge is 0.310 e. The maximum Gasteiger partial charge on any atom is 0.0308 e. The molecular formula is C17H30N2. The molecule has 2 nitrogen and oxygen atoms in total. The second kappa shape index (κ2) is 6.41. The van der Waals surface area contributed by atoms with Gasteiger partial charge in [0.25, 0.3) is 0 Å². The van der Waals surface area contributed by atoms with E-state index in [-0.39, 0.29) is 0 Å². The van der Waals surface area contributed by atoms with Gasteiger partial charge in [-0.15, -0.1) is 0 Å². The minimum atomic E-state index is 0.471. The molecule has 0 unspecified atom stereocenters. The van der Waals surface area contributed by atoms with Crippen molar-refractivity contribution in [2.24, 2.45) is 0 Å². The van der Waals surface area contributed by atoms with Crippen LogP contribution < -0.4 is 5.32 Å². The summed E-state index contributed by atoms with van der Waals surface area (Å²) in [6.45, 7) is 5.15. The third-order valence-corrected chi connectivity index (χ3v) is 5.37. The highest BCUT2D eigenvalue weighted by molar-refractivity contribution is 5.08. The molecule has 1 heterocycles. The van der Waals surface area contributed by atoms with Gasteiger partial charge < -0.3 is 10.2 Å². The van der Waals surface area contributed by atoms with Crippen LogP contribution in [0.4, 0.5) is 0 Å². The van der Waals surface area contributed by atoms with Crippen molar-refractivity contribution in [3.8, 4) is 0 Å². The fourth-order valence-corrected chi connectivity index (χ4v) is 4.24. The number of rotatable bonds is 3. The molecule has 1 aliphatic heterocycles. The lowest BCUT2D eigenvalue weighted by Gasteiger charge is -2.40. The van der Waals surface area contributed by atoms with Gasteiger partial charge in [-0.25, -0.2) is 0 Å². The number of nitrogens with one attached hydrogen (secondary N) is 1. The van der Waals surface area contributed by atoms with E-state index in [1.165, 1.54) is 90.4 Å². The molecule has 0 bridgehead atoms. The van der Waals surface area contributed by atoms with Crippen LogP contribution in [-0.2, 0) is 0 Å². The molecule has 0 aromatic rings. The normalized spacial score (nSPS) is 28.3. The summed E-state index contributed by atoms with van der Waals surface area (Å²) in [5.41, 5.74) is 2.20. The molecule has 3 rings (SSSR count). The minimum absolute atomic E-state index is 0.471. The zero-order valence-corrected chi connectivity index (χ0v) is 12.4. The summed E-state index contributed by atoms with van der Waals surface area (Å²) in [5, 5.41) is 3.90. The molecule has 2 aliphatic carbocycles. The topological polar surface area (TPSA) is 15.3 Å². The number of nitrogens with zero attached hydrogens (tertiary/aromatic N) is 1. The van der Waals surface area contributed by atoms with Crippen LogP contribution in [0.5, 0.6) is 0 Å². The van der Waals surface area contributed by atoms with Crippen molar-refractivity contribution in [2.75, 3.05) is 26.2 Å². The van der Waals surface area contributed by atoms with E-state index >= 15 is 0 Å². The molecule has 0 atom stereocenters. The first-order chi connectivity index (χ1) is 9.36. The summed E-state index contributed by atoms with van der Waals surface area (Å²) in [6.07, 6.45) is 16.4. The summed E-state index contributed by atoms with van der Waals surface area (Å²) in [4.78, 5) is 2.75. The molecule has 0 aromatic carbocycles. The van der Waals surface area contributed by atoms with E-state index in [2.05, 4.69) is 16.3 Å². The highest BCUT2D eigenvalue weighted by Crippen LogP contribution is 2.30. The average molecular weight is 262 g/mol. The van der Waals surface area contributed by atoms with Crippen molar-refractivity contribution in [1.82, 2.24) is 10.2 Å². The number of allylic oxidation sites excluding steroid dienone is 1. The predicted octanol–water partition coefficient (Wildman–Crippen LogP) is 3.49. The van der Waals surface area contributed by atoms with Crippen LogP contribution in [-0.4, -0.2) is 36.6 Å². The van der Waals surface area contributed by atoms with Crippen LogP contribution in [0, 0.1) is 0 Å². The maximum absolute atomic E-state index is 3.90. The molecule has 1 N–H and O–H groups in total. The van der Waals surface area contributed by atoms with Gasteiger partial charge in [-0.1, -0.05) is 30.9 Å². The smallest absolute Gasteiger partial charge is 0.0308 e. The Labute approximate surface area is 118 Å². The van der Waals surface area contributed by atoms with E-state index in [0.29, 0.717) is 5.54 Å². The Bertz CT molecular complexity index is 315. The van der Waals surface area contributed by atoms with Crippen molar-refractivity contribution >= 4 is 0 Å². The van der Waals surface area contributed by atoms with Gasteiger partial charge in [-0.2, -0.15) is 0 Å². The van der Waals surface area contributed by atoms with Gasteiger partial charge >= 0.3 is 0 Å². The van der Waals surface area contributed by atoms with Gasteiger partial charge in [0.05, 0.1) is 0 Å². The molecule has 0 radical (unpaired) electrons. The van der Waals surface area contributed by atoms with Crippen molar-refractivity contribution in [3.63, 3.8) is 0 Å². The first kappa shape index (κ1) is 13.6. The van der Waals surface area contributed by atoms with Gasteiger partial charge in [-0.3, -0.25) is 0 Å². The molecule has 0 aromatic heterocycles. The zero-order chi connectivity index (χ0) is 13.0. The lowest BCUT2D eigenvalue weighted by atomic mass is 9.81. The third kappa shape index (κ3) is 3.61. The Balaban J connectivity index is 1.54. The Morgan fingerprint density at radius 1 is 1.11 bits per heavy atom. The number of hydrogen-bond donors (Lipinski definition) is 1. The summed E-state index contributed by atoms with van der Waals surface area (Å²) < 4.78 is 0. The van der Waals surface area contributed by atoms with Crippen LogP contribution in [0.25, 0.3) is 0 Å². The number of hydrogen-bond acceptors (Lipinski definition) is 2. The van der Waals surface area contributed by atoms with Crippen LogP contribution in [0.2, 0.25) is 0 Å². The molecule has 3 aliphatic rings. The quantitative estimate of drug-likeness (QED) is 0.783. The Hall–Kier alpha value is -0.340. The van der Waals surface area contributed by atoms with Crippen molar-refractivity contribution in [1.29, 1.82) is 0 Å². The molecule has 0 amide bonds. The second-order valence-electron chi connectivity index (χ2n) is 6.90. The van der Waals surface area contributed by atoms with E-state index in [1.54, 1.807) is 5.57 Å². The van der Waals surface area contributed by atoms with E-state index < -0.39 is 0 Å². The second-order valence-corrected chi connectivity index (χ2v) is 6.90. The zero-order valence-electron chi connectivity index (χ0n) is 12.4. The lowest BCUT2D eigenvalue weighted by Crippen LogP contribution is -2.52. The molecular weight excluding hydrogens is 232 g/mol. The summed E-state index contributed by atoms with van der Waals surface area (Å²) >= 11 is 0. The molecule has 1 saturated heterocycles. The Morgan fingerprint density at radius 3 is 2.79 bits per heavy atom. The van der Waals surface area contributed by atoms with E-state index in [1.807, 2.05) is 0 Å². The fraction of sp³-hybridized carbons (Fsp3) is 0.882. The van der Waals surface area contributed by atoms with Crippen LogP contribution in [0.1, 0.15) is 64.2 Å². The molecule has 108 valence electrons. The fourth-order valence-electron chi connectivity index (χ4n) is 4.24. The monoisotopic (exact) mass is 262 g/mol. The van der Waals surface area contributed by atoms with Crippen LogP contribution in [0.15, 0.2) is 11.6 Å². The Kier molecular flexibility index (Phi) is 4.60. The van der Waals surface area contributed by atoms with Gasteiger partial charge in [0, 0.05) is 18.6 Å². The molecule has 2 heteroatoms. The maximum atomic E-state index is 3.90. The van der Waals surface area contributed by atoms with Crippen molar-refractivity contribution < 1.29 is 0 Å². The standard InChI is InChI=1S/C17H30N2/c1-4-10-17(11-5-1)15-19(13-6-12-18-17)14-9-16-7-2-3-8-16/h7,18H,1-6,8-15H2. The summed E-state index contributed by atoms with van der Waals surface area (Å²) in [5.74, 6) is 0. The van der Waals surface area contributed by atoms with Gasteiger partial charge in [0.2, 0.25) is 0 Å². The molecule has 1 saturated carbocycles. The average Bonchev–Trinajstić information content (AvgIpc) is 2.88. The minimum Gasteiger partial charge on any atom is -0.310 e. The molecule has 19 heavy (non-hydrogen) atoms. The van der Waals surface area contributed by atoms with Crippen LogP contribution in [0.3, 0.4) is 0 Å². The summed E-state index contributed by atoms with van der Waals surface area (Å²) in [6, 6.07) is 0. The van der Waals surface area contributed by atoms with E-state index in [9.17, 15) is 0 Å². The highest BCUT2D eigenvalue weighted by atomic mass is 15.2. The highest BCUT2D eigenvalue weighted by Gasteiger charge is 2.34. The van der Waals surface area contributed by atoms with E-state index in [4.69, 9.17) is 0 Å². The third-order valence-electron chi connectivity index (χ3n) is 5.37. The first-order valence-electron chi connectivity index (χ1n) is 8.52. The first-order valence-corrected chi connectivity index (χ1v) is 8.52. The van der Waals surface area contributed by atoms with Crippen molar-refractivity contribution in [2.45, 2.75) is 69.7 Å². The van der Waals surface area contributed by atoms with Gasteiger partial charge in [0.1, 0.15) is 0 Å². The lowest BCUT2D eigenvalue weighted by molar-refractivity contribution is 0.165. The molecule has 1 spiro atoms. The predicted molar refractivity (Wildman–Crippen MR) is 81.4 cm³/mol. The Morgan fingerprint density at radius 2 is 2.00 bits per heavy atom. The van der Waals surface area contributed by atoms with Crippen LogP contribution >= 0.6 is 0 Å². The summed E-state index contributed by atoms with van der Waals surface area (Å²) in [7, 11) is 0. The van der Waals surface area contributed by atoms with Gasteiger partial charge in [-0.05, 0) is 58.0 Å². The van der Waals surface area contributed by atoms with Gasteiger partial charge in [0.15, 0.2) is 0 Å². The van der Waals surface area contributed by atoms with Crippen molar-refractivity contribution in [3.05, 3.63) is 11.6 Å². The SMILES string of the molecule is C1=C(CCN2CCCNC3(CCCCC3)C2)CCC1. The molecule has 2 fully saturated rings. The van der Waals surface area contributed by atoms with E-state index in [0.717, 1.165) is 0 Å².